The molecule has 7 nitrogen and oxygen atoms in total. The van der Waals surface area contributed by atoms with Gasteiger partial charge in [-0.3, -0.25) is 4.98 Å². The van der Waals surface area contributed by atoms with Crippen LogP contribution in [0.25, 0.3) is 21.8 Å². The van der Waals surface area contributed by atoms with Crippen LogP contribution < -0.4 is 11.5 Å². The maximum atomic E-state index is 10.6. The molecule has 1 aromatic carbocycles. The monoisotopic (exact) mass is 313 g/mol. The summed E-state index contributed by atoms with van der Waals surface area (Å²) in [5.74, 6) is -2.01. The van der Waals surface area contributed by atoms with Crippen LogP contribution in [0.15, 0.2) is 24.4 Å². The lowest BCUT2D eigenvalue weighted by atomic mass is 10.1. The first-order valence-corrected chi connectivity index (χ1v) is 5.78. The number of nitrogen functional groups attached to an aromatic ring is 2. The quantitative estimate of drug-likeness (QED) is 0.501. The number of nitrogens with two attached hydrogens (primary N) is 2. The van der Waals surface area contributed by atoms with Crippen LogP contribution in [0, 0.1) is 0 Å². The number of halogens is 3. The number of H-pyrrole nitrogens is 1. The van der Waals surface area contributed by atoms with E-state index in [1.165, 1.54) is 0 Å². The Morgan fingerprint density at radius 2 is 1.86 bits per heavy atom. The molecule has 2 heterocycles. The van der Waals surface area contributed by atoms with Gasteiger partial charge in [0.25, 0.3) is 0 Å². The molecule has 2 aromatic heterocycles. The van der Waals surface area contributed by atoms with Crippen molar-refractivity contribution in [2.24, 2.45) is 0 Å². The normalized spacial score (nSPS) is 11.2. The molecule has 0 aliphatic carbocycles. The van der Waals surface area contributed by atoms with Crippen molar-refractivity contribution in [3.05, 3.63) is 24.4 Å². The zero-order valence-electron chi connectivity index (χ0n) is 10.8. The number of carboxylic acid groups (broad SMARTS) is 1. The third-order valence-corrected chi connectivity index (χ3v) is 2.68. The standard InChI is InChI=1S/C10H9N5.C2HF3O2/c11-9-8-5-3-4-13-6(5)1-2-7(8)14-10(12)15-9;3-2(4,5)1(6)7/h1-4H,11H2,(H3,12,14,15);(H,6,7). The lowest BCUT2D eigenvalue weighted by Crippen LogP contribution is -2.21. The summed E-state index contributed by atoms with van der Waals surface area (Å²) in [4.78, 5) is 20.1. The largest absolute Gasteiger partial charge is 0.490 e. The van der Waals surface area contributed by atoms with Crippen LogP contribution in [0.1, 0.15) is 0 Å². The van der Waals surface area contributed by atoms with Crippen molar-refractivity contribution in [2.45, 2.75) is 6.18 Å². The Morgan fingerprint density at radius 1 is 1.23 bits per heavy atom. The Kier molecular flexibility index (Phi) is 3.76. The van der Waals surface area contributed by atoms with Gasteiger partial charge < -0.3 is 21.6 Å². The highest BCUT2D eigenvalue weighted by molar-refractivity contribution is 6.10. The van der Waals surface area contributed by atoms with Crippen LogP contribution in [0.4, 0.5) is 24.9 Å². The van der Waals surface area contributed by atoms with E-state index in [-0.39, 0.29) is 0 Å². The maximum Gasteiger partial charge on any atom is 0.490 e. The third-order valence-electron chi connectivity index (χ3n) is 2.68. The minimum Gasteiger partial charge on any atom is -0.475 e. The highest BCUT2D eigenvalue weighted by atomic mass is 19.4. The van der Waals surface area contributed by atoms with Crippen molar-refractivity contribution in [3.63, 3.8) is 0 Å². The molecule has 10 heteroatoms. The third kappa shape index (κ3) is 3.00. The van der Waals surface area contributed by atoms with Crippen LogP contribution in [-0.4, -0.2) is 32.2 Å². The van der Waals surface area contributed by atoms with Gasteiger partial charge in [-0.25, -0.2) is 4.79 Å². The van der Waals surface area contributed by atoms with Gasteiger partial charge in [-0.2, -0.15) is 18.2 Å². The summed E-state index contributed by atoms with van der Waals surface area (Å²) < 4.78 is 31.7. The molecule has 0 aliphatic heterocycles. The summed E-state index contributed by atoms with van der Waals surface area (Å²) in [6.07, 6.45) is -3.33. The fourth-order valence-corrected chi connectivity index (χ4v) is 1.81. The summed E-state index contributed by atoms with van der Waals surface area (Å²) in [6, 6.07) is 5.74. The first-order valence-electron chi connectivity index (χ1n) is 5.78. The number of rotatable bonds is 0. The molecule has 0 spiro atoms. The Bertz CT molecular complexity index is 844. The van der Waals surface area contributed by atoms with E-state index in [0.717, 1.165) is 21.8 Å². The van der Waals surface area contributed by atoms with Crippen molar-refractivity contribution in [3.8, 4) is 0 Å². The Hall–Kier alpha value is -3.04. The molecule has 6 N–H and O–H groups in total. The van der Waals surface area contributed by atoms with Crippen molar-refractivity contribution in [2.75, 3.05) is 11.5 Å². The van der Waals surface area contributed by atoms with Gasteiger partial charge in [0.2, 0.25) is 0 Å². The molecule has 0 atom stereocenters. The lowest BCUT2D eigenvalue weighted by Gasteiger charge is -2.04. The number of fused-ring (bicyclic) bond motifs is 3. The average molecular weight is 313 g/mol. The van der Waals surface area contributed by atoms with Gasteiger partial charge in [0.1, 0.15) is 5.82 Å². The highest BCUT2D eigenvalue weighted by Crippen LogP contribution is 2.27. The number of hydrogen-bond acceptors (Lipinski definition) is 5. The van der Waals surface area contributed by atoms with Gasteiger partial charge in [0.15, 0.2) is 5.95 Å². The smallest absolute Gasteiger partial charge is 0.475 e. The van der Waals surface area contributed by atoms with Crippen molar-refractivity contribution >= 4 is 39.5 Å². The number of nitrogens with one attached hydrogen (secondary N) is 1. The molecule has 0 unspecified atom stereocenters. The molecule has 3 aromatic rings. The van der Waals surface area contributed by atoms with E-state index in [9.17, 15) is 13.2 Å². The van der Waals surface area contributed by atoms with Gasteiger partial charge in [0, 0.05) is 17.0 Å². The number of carbonyl (C=O) groups is 1. The molecule has 0 bridgehead atoms. The van der Waals surface area contributed by atoms with Crippen LogP contribution in [-0.2, 0) is 4.79 Å². The number of nitrogens with zero attached hydrogens (tertiary/aromatic N) is 2. The predicted molar refractivity (Wildman–Crippen MR) is 73.9 cm³/mol. The molecule has 0 saturated carbocycles. The topological polar surface area (TPSA) is 131 Å². The minimum atomic E-state index is -5.08. The van der Waals surface area contributed by atoms with Gasteiger partial charge in [-0.1, -0.05) is 0 Å². The van der Waals surface area contributed by atoms with Crippen LogP contribution in [0.5, 0.6) is 0 Å². The number of aromatic nitrogens is 3. The van der Waals surface area contributed by atoms with E-state index in [4.69, 9.17) is 21.4 Å². The van der Waals surface area contributed by atoms with Gasteiger partial charge in [0.05, 0.1) is 11.0 Å². The molecule has 0 aliphatic rings. The number of hydrogen-bond donors (Lipinski definition) is 4. The van der Waals surface area contributed by atoms with E-state index in [1.54, 1.807) is 6.20 Å². The summed E-state index contributed by atoms with van der Waals surface area (Å²) >= 11 is 0. The van der Waals surface area contributed by atoms with Crippen molar-refractivity contribution in [1.82, 2.24) is 15.0 Å². The van der Waals surface area contributed by atoms with Crippen molar-refractivity contribution in [1.29, 1.82) is 0 Å². The van der Waals surface area contributed by atoms with E-state index in [1.807, 2.05) is 18.2 Å². The van der Waals surface area contributed by atoms with E-state index in [0.29, 0.717) is 11.8 Å². The average Bonchev–Trinajstić information content (AvgIpc) is 2.85. The van der Waals surface area contributed by atoms with Gasteiger partial charge in [-0.05, 0) is 18.2 Å². The summed E-state index contributed by atoms with van der Waals surface area (Å²) in [5.41, 5.74) is 13.2. The SMILES string of the molecule is Nc1nc(N)c2c(ccc3nccc32)[nH]1.O=C(O)C(F)(F)F. The van der Waals surface area contributed by atoms with Gasteiger partial charge >= 0.3 is 12.1 Å². The molecule has 0 saturated heterocycles. The molecule has 0 fully saturated rings. The van der Waals surface area contributed by atoms with Crippen LogP contribution in [0.3, 0.4) is 0 Å². The minimum absolute atomic E-state index is 0.318. The Balaban J connectivity index is 0.000000217. The van der Waals surface area contributed by atoms with Crippen LogP contribution >= 0.6 is 0 Å². The lowest BCUT2D eigenvalue weighted by molar-refractivity contribution is -0.192. The molecular formula is C12H10F3N5O2. The van der Waals surface area contributed by atoms with Gasteiger partial charge in [-0.15, -0.1) is 0 Å². The molecule has 116 valence electrons. The summed E-state index contributed by atoms with van der Waals surface area (Å²) in [7, 11) is 0. The zero-order valence-corrected chi connectivity index (χ0v) is 10.8. The van der Waals surface area contributed by atoms with E-state index in [2.05, 4.69) is 15.0 Å². The number of aliphatic carboxylic acids is 1. The number of benzene rings is 1. The molecular weight excluding hydrogens is 303 g/mol. The highest BCUT2D eigenvalue weighted by Gasteiger charge is 2.38. The second kappa shape index (κ2) is 5.39. The second-order valence-corrected chi connectivity index (χ2v) is 4.18. The number of aromatic amines is 1. The summed E-state index contributed by atoms with van der Waals surface area (Å²) in [6.45, 7) is 0. The first kappa shape index (κ1) is 15.4. The molecule has 0 radical (unpaired) electrons. The fraction of sp³-hybridized carbons (Fsp3) is 0.0833. The molecule has 0 amide bonds. The Labute approximate surface area is 120 Å². The second-order valence-electron chi connectivity index (χ2n) is 4.18. The van der Waals surface area contributed by atoms with Crippen LogP contribution in [0.2, 0.25) is 0 Å². The van der Waals surface area contributed by atoms with E-state index >= 15 is 0 Å². The predicted octanol–water partition coefficient (Wildman–Crippen LogP) is 1.91. The first-order chi connectivity index (χ1) is 10.2. The van der Waals surface area contributed by atoms with Crippen molar-refractivity contribution < 1.29 is 23.1 Å². The number of carboxylic acids is 1. The van der Waals surface area contributed by atoms with E-state index < -0.39 is 12.1 Å². The fourth-order valence-electron chi connectivity index (χ4n) is 1.81. The number of anilines is 2. The zero-order chi connectivity index (χ0) is 16.5. The number of alkyl halides is 3. The molecule has 3 rings (SSSR count). The maximum absolute atomic E-state index is 10.6. The molecule has 22 heavy (non-hydrogen) atoms. The summed E-state index contributed by atoms with van der Waals surface area (Å²) in [5, 5.41) is 8.99. The Morgan fingerprint density at radius 3 is 2.45 bits per heavy atom.